The largest absolute Gasteiger partial charge is 0.490 e. The fourth-order valence-electron chi connectivity index (χ4n) is 2.52. The van der Waals surface area contributed by atoms with Gasteiger partial charge in [0.15, 0.2) is 11.5 Å². The lowest BCUT2D eigenvalue weighted by molar-refractivity contribution is 0.296. The van der Waals surface area contributed by atoms with Gasteiger partial charge < -0.3 is 19.7 Å². The summed E-state index contributed by atoms with van der Waals surface area (Å²) in [5.74, 6) is 1.76. The average Bonchev–Trinajstić information content (AvgIpc) is 2.75. The Kier molecular flexibility index (Phi) is 6.83. The van der Waals surface area contributed by atoms with Crippen molar-refractivity contribution >= 4 is 0 Å². The van der Waals surface area contributed by atoms with Crippen LogP contribution in [-0.2, 0) is 6.54 Å². The van der Waals surface area contributed by atoms with Gasteiger partial charge in [-0.3, -0.25) is 0 Å². The van der Waals surface area contributed by atoms with Crippen LogP contribution in [0.15, 0.2) is 18.2 Å². The summed E-state index contributed by atoms with van der Waals surface area (Å²) in [6.45, 7) is 11.3. The van der Waals surface area contributed by atoms with Gasteiger partial charge in [-0.25, -0.2) is 0 Å². The minimum absolute atomic E-state index is 0.744. The van der Waals surface area contributed by atoms with Gasteiger partial charge in [0.25, 0.3) is 0 Å². The number of benzene rings is 1. The highest BCUT2D eigenvalue weighted by atomic mass is 16.5. The first-order valence-electron chi connectivity index (χ1n) is 8.15. The summed E-state index contributed by atoms with van der Waals surface area (Å²) in [7, 11) is 0. The first kappa shape index (κ1) is 16.1. The second-order valence-corrected chi connectivity index (χ2v) is 5.39. The van der Waals surface area contributed by atoms with Crippen molar-refractivity contribution in [2.45, 2.75) is 33.2 Å². The third kappa shape index (κ3) is 5.21. The normalized spacial score (nSPS) is 14.2. The Morgan fingerprint density at radius 1 is 1.10 bits per heavy atom. The van der Waals surface area contributed by atoms with E-state index >= 15 is 0 Å². The van der Waals surface area contributed by atoms with Crippen LogP contribution >= 0.6 is 0 Å². The fraction of sp³-hybridized carbons (Fsp3) is 0.647. The van der Waals surface area contributed by atoms with E-state index in [-0.39, 0.29) is 0 Å². The highest BCUT2D eigenvalue weighted by molar-refractivity contribution is 5.43. The van der Waals surface area contributed by atoms with Gasteiger partial charge in [-0.2, -0.15) is 0 Å². The third-order valence-electron chi connectivity index (χ3n) is 3.86. The lowest BCUT2D eigenvalue weighted by Gasteiger charge is -2.17. The smallest absolute Gasteiger partial charge is 0.161 e. The van der Waals surface area contributed by atoms with Crippen molar-refractivity contribution in [2.24, 2.45) is 0 Å². The summed E-state index contributed by atoms with van der Waals surface area (Å²) >= 11 is 0. The zero-order valence-electron chi connectivity index (χ0n) is 13.4. The van der Waals surface area contributed by atoms with Crippen LogP contribution in [0.4, 0.5) is 0 Å². The summed E-state index contributed by atoms with van der Waals surface area (Å²) in [6.07, 6.45) is 2.14. The van der Waals surface area contributed by atoms with E-state index in [1.54, 1.807) is 0 Å². The summed E-state index contributed by atoms with van der Waals surface area (Å²) in [5, 5.41) is 3.50. The Balaban J connectivity index is 1.72. The third-order valence-corrected chi connectivity index (χ3v) is 3.86. The number of hydrogen-bond acceptors (Lipinski definition) is 4. The quantitative estimate of drug-likeness (QED) is 0.747. The molecule has 1 aliphatic heterocycles. The molecule has 1 aliphatic rings. The van der Waals surface area contributed by atoms with E-state index in [0.29, 0.717) is 0 Å². The first-order valence-corrected chi connectivity index (χ1v) is 8.15. The molecule has 1 aromatic carbocycles. The molecule has 4 heteroatoms. The number of ether oxygens (including phenoxy) is 2. The minimum Gasteiger partial charge on any atom is -0.490 e. The van der Waals surface area contributed by atoms with Crippen molar-refractivity contribution in [3.8, 4) is 11.5 Å². The van der Waals surface area contributed by atoms with E-state index in [4.69, 9.17) is 9.47 Å². The molecule has 1 heterocycles. The van der Waals surface area contributed by atoms with E-state index in [1.165, 1.54) is 18.5 Å². The van der Waals surface area contributed by atoms with Crippen molar-refractivity contribution < 1.29 is 9.47 Å². The number of fused-ring (bicyclic) bond motifs is 1. The predicted octanol–water partition coefficient (Wildman–Crippen LogP) is 2.67. The number of nitrogens with one attached hydrogen (secondary N) is 1. The van der Waals surface area contributed by atoms with E-state index in [1.807, 2.05) is 6.07 Å². The lowest BCUT2D eigenvalue weighted by atomic mass is 10.2. The molecular weight excluding hydrogens is 264 g/mol. The second-order valence-electron chi connectivity index (χ2n) is 5.39. The van der Waals surface area contributed by atoms with Gasteiger partial charge in [-0.05, 0) is 50.3 Å². The number of hydrogen-bond donors (Lipinski definition) is 1. The molecule has 0 saturated heterocycles. The molecule has 1 aromatic rings. The Bertz CT molecular complexity index is 419. The van der Waals surface area contributed by atoms with E-state index in [0.717, 1.165) is 57.3 Å². The van der Waals surface area contributed by atoms with Crippen LogP contribution in [-0.4, -0.2) is 44.3 Å². The maximum Gasteiger partial charge on any atom is 0.161 e. The number of rotatable bonds is 8. The van der Waals surface area contributed by atoms with Gasteiger partial charge >= 0.3 is 0 Å². The fourth-order valence-corrected chi connectivity index (χ4v) is 2.52. The molecule has 0 fully saturated rings. The molecule has 0 amide bonds. The maximum absolute atomic E-state index is 5.72. The Labute approximate surface area is 128 Å². The van der Waals surface area contributed by atoms with Crippen LogP contribution < -0.4 is 14.8 Å². The molecule has 0 unspecified atom stereocenters. The first-order chi connectivity index (χ1) is 10.3. The highest BCUT2D eigenvalue weighted by Gasteiger charge is 2.10. The summed E-state index contributed by atoms with van der Waals surface area (Å²) in [6, 6.07) is 6.23. The zero-order chi connectivity index (χ0) is 14.9. The van der Waals surface area contributed by atoms with Gasteiger partial charge in [0, 0.05) is 13.0 Å². The van der Waals surface area contributed by atoms with Crippen molar-refractivity contribution in [2.75, 3.05) is 39.4 Å². The molecule has 0 aromatic heterocycles. The monoisotopic (exact) mass is 292 g/mol. The number of nitrogens with zero attached hydrogens (tertiary/aromatic N) is 1. The van der Waals surface area contributed by atoms with Crippen LogP contribution in [0.5, 0.6) is 11.5 Å². The van der Waals surface area contributed by atoms with Crippen LogP contribution in [0.2, 0.25) is 0 Å². The molecule has 0 saturated carbocycles. The average molecular weight is 292 g/mol. The molecule has 1 N–H and O–H groups in total. The van der Waals surface area contributed by atoms with Crippen LogP contribution in [0.3, 0.4) is 0 Å². The highest BCUT2D eigenvalue weighted by Crippen LogP contribution is 2.30. The van der Waals surface area contributed by atoms with E-state index < -0.39 is 0 Å². The SMILES string of the molecule is CCN(CC)CCCNCc1ccc2c(c1)OCCCO2. The molecule has 4 nitrogen and oxygen atoms in total. The van der Waals surface area contributed by atoms with E-state index in [9.17, 15) is 0 Å². The van der Waals surface area contributed by atoms with Crippen LogP contribution in [0, 0.1) is 0 Å². The van der Waals surface area contributed by atoms with E-state index in [2.05, 4.69) is 36.2 Å². The molecule has 0 atom stereocenters. The molecule has 0 bridgehead atoms. The maximum atomic E-state index is 5.72. The Morgan fingerprint density at radius 2 is 1.86 bits per heavy atom. The molecule has 0 spiro atoms. The molecule has 118 valence electrons. The Hall–Kier alpha value is -1.26. The van der Waals surface area contributed by atoms with Gasteiger partial charge in [0.2, 0.25) is 0 Å². The molecule has 2 rings (SSSR count). The van der Waals surface area contributed by atoms with Gasteiger partial charge in [-0.1, -0.05) is 19.9 Å². The molecular formula is C17H28N2O2. The van der Waals surface area contributed by atoms with Gasteiger partial charge in [0.05, 0.1) is 13.2 Å². The summed E-state index contributed by atoms with van der Waals surface area (Å²) in [5.41, 5.74) is 1.25. The second kappa shape index (κ2) is 8.90. The Morgan fingerprint density at radius 3 is 2.62 bits per heavy atom. The van der Waals surface area contributed by atoms with Gasteiger partial charge in [0.1, 0.15) is 0 Å². The van der Waals surface area contributed by atoms with Crippen molar-refractivity contribution in [1.29, 1.82) is 0 Å². The minimum atomic E-state index is 0.744. The molecule has 21 heavy (non-hydrogen) atoms. The van der Waals surface area contributed by atoms with Crippen molar-refractivity contribution in [3.63, 3.8) is 0 Å². The van der Waals surface area contributed by atoms with Crippen molar-refractivity contribution in [3.05, 3.63) is 23.8 Å². The standard InChI is InChI=1S/C17H28N2O2/c1-3-19(4-2)10-5-9-18-14-15-7-8-16-17(13-15)21-12-6-11-20-16/h7-8,13,18H,3-6,9-12,14H2,1-2H3. The van der Waals surface area contributed by atoms with Crippen LogP contribution in [0.25, 0.3) is 0 Å². The summed E-state index contributed by atoms with van der Waals surface area (Å²) in [4.78, 5) is 2.45. The predicted molar refractivity (Wildman–Crippen MR) is 86.2 cm³/mol. The van der Waals surface area contributed by atoms with Crippen LogP contribution in [0.1, 0.15) is 32.3 Å². The lowest BCUT2D eigenvalue weighted by Crippen LogP contribution is -2.27. The zero-order valence-corrected chi connectivity index (χ0v) is 13.4. The van der Waals surface area contributed by atoms with Crippen molar-refractivity contribution in [1.82, 2.24) is 10.2 Å². The molecule has 0 aliphatic carbocycles. The van der Waals surface area contributed by atoms with Gasteiger partial charge in [-0.15, -0.1) is 0 Å². The topological polar surface area (TPSA) is 33.7 Å². The summed E-state index contributed by atoms with van der Waals surface area (Å²) < 4.78 is 11.4. The molecule has 0 radical (unpaired) electrons.